The quantitative estimate of drug-likeness (QED) is 0.800. The third-order valence-corrected chi connectivity index (χ3v) is 3.50. The van der Waals surface area contributed by atoms with Gasteiger partial charge in [-0.25, -0.2) is 0 Å². The zero-order valence-corrected chi connectivity index (χ0v) is 12.5. The highest BCUT2D eigenvalue weighted by molar-refractivity contribution is 5.28. The Labute approximate surface area is 121 Å². The lowest BCUT2D eigenvalue weighted by Gasteiger charge is -2.26. The van der Waals surface area contributed by atoms with Crippen molar-refractivity contribution in [2.75, 3.05) is 26.4 Å². The summed E-state index contributed by atoms with van der Waals surface area (Å²) < 4.78 is 11.0. The molecule has 0 aliphatic carbocycles. The van der Waals surface area contributed by atoms with Gasteiger partial charge in [0.1, 0.15) is 5.75 Å². The van der Waals surface area contributed by atoms with E-state index in [0.717, 1.165) is 38.5 Å². The molecule has 1 aliphatic rings. The highest BCUT2D eigenvalue weighted by Gasteiger charge is 2.15. The third kappa shape index (κ3) is 5.12. The number of nitrogens with one attached hydrogen (secondary N) is 2. The molecule has 2 atom stereocenters. The highest BCUT2D eigenvalue weighted by atomic mass is 16.5. The molecule has 0 radical (unpaired) electrons. The van der Waals surface area contributed by atoms with E-state index in [1.807, 2.05) is 19.1 Å². The number of hydrogen-bond acceptors (Lipinski definition) is 4. The van der Waals surface area contributed by atoms with Gasteiger partial charge in [0.25, 0.3) is 0 Å². The van der Waals surface area contributed by atoms with Gasteiger partial charge < -0.3 is 20.1 Å². The van der Waals surface area contributed by atoms with Gasteiger partial charge in [-0.3, -0.25) is 0 Å². The van der Waals surface area contributed by atoms with Crippen LogP contribution >= 0.6 is 0 Å². The average molecular weight is 278 g/mol. The van der Waals surface area contributed by atoms with Crippen LogP contribution < -0.4 is 15.4 Å². The van der Waals surface area contributed by atoms with Crippen LogP contribution in [-0.4, -0.2) is 38.4 Å². The van der Waals surface area contributed by atoms with Gasteiger partial charge in [0.05, 0.1) is 19.8 Å². The molecule has 4 heteroatoms. The van der Waals surface area contributed by atoms with Crippen molar-refractivity contribution in [3.05, 3.63) is 29.8 Å². The Hall–Kier alpha value is -1.10. The first-order valence-corrected chi connectivity index (χ1v) is 7.54. The molecule has 2 rings (SSSR count). The third-order valence-electron chi connectivity index (χ3n) is 3.50. The maximum atomic E-state index is 5.52. The molecule has 1 heterocycles. The first-order chi connectivity index (χ1) is 9.78. The van der Waals surface area contributed by atoms with Crippen LogP contribution in [0.25, 0.3) is 0 Å². The van der Waals surface area contributed by atoms with E-state index >= 15 is 0 Å². The first-order valence-electron chi connectivity index (χ1n) is 7.54. The molecule has 0 amide bonds. The van der Waals surface area contributed by atoms with Gasteiger partial charge in [0.2, 0.25) is 0 Å². The van der Waals surface area contributed by atoms with Crippen molar-refractivity contribution in [2.24, 2.45) is 0 Å². The minimum atomic E-state index is 0.463. The second-order valence-corrected chi connectivity index (χ2v) is 5.32. The van der Waals surface area contributed by atoms with Gasteiger partial charge in [-0.15, -0.1) is 0 Å². The minimum absolute atomic E-state index is 0.463. The number of hydrogen-bond donors (Lipinski definition) is 2. The summed E-state index contributed by atoms with van der Waals surface area (Å²) in [5.41, 5.74) is 1.26. The molecule has 1 aromatic carbocycles. The number of rotatable bonds is 7. The summed E-state index contributed by atoms with van der Waals surface area (Å²) in [5, 5.41) is 7.05. The molecule has 1 fully saturated rings. The van der Waals surface area contributed by atoms with E-state index in [2.05, 4.69) is 29.7 Å². The summed E-state index contributed by atoms with van der Waals surface area (Å²) in [6, 6.07) is 9.21. The molecule has 1 aromatic rings. The van der Waals surface area contributed by atoms with Crippen molar-refractivity contribution in [3.63, 3.8) is 0 Å². The Bertz CT molecular complexity index is 392. The summed E-state index contributed by atoms with van der Waals surface area (Å²) in [5.74, 6) is 0.946. The van der Waals surface area contributed by atoms with Crippen molar-refractivity contribution >= 4 is 0 Å². The standard InChI is InChI=1S/C16H26N2O2/c1-3-20-16-6-4-5-14(10-16)11-18-13(2)9-15-12-19-8-7-17-15/h4-6,10,13,15,17-18H,3,7-9,11-12H2,1-2H3. The van der Waals surface area contributed by atoms with Crippen molar-refractivity contribution in [1.82, 2.24) is 10.6 Å². The van der Waals surface area contributed by atoms with Crippen molar-refractivity contribution in [3.8, 4) is 5.75 Å². The fourth-order valence-electron chi connectivity index (χ4n) is 2.49. The van der Waals surface area contributed by atoms with Crippen molar-refractivity contribution in [1.29, 1.82) is 0 Å². The Morgan fingerprint density at radius 3 is 3.15 bits per heavy atom. The molecule has 0 bridgehead atoms. The molecular weight excluding hydrogens is 252 g/mol. The molecule has 0 spiro atoms. The van der Waals surface area contributed by atoms with Crippen LogP contribution in [0.1, 0.15) is 25.8 Å². The molecule has 0 aromatic heterocycles. The van der Waals surface area contributed by atoms with E-state index in [1.165, 1.54) is 5.56 Å². The van der Waals surface area contributed by atoms with Crippen LogP contribution in [0.15, 0.2) is 24.3 Å². The van der Waals surface area contributed by atoms with Crippen LogP contribution in [0, 0.1) is 0 Å². The zero-order chi connectivity index (χ0) is 14.2. The van der Waals surface area contributed by atoms with Crippen molar-refractivity contribution < 1.29 is 9.47 Å². The molecule has 2 unspecified atom stereocenters. The summed E-state index contributed by atoms with van der Waals surface area (Å²) in [7, 11) is 0. The van der Waals surface area contributed by atoms with Gasteiger partial charge in [-0.05, 0) is 38.0 Å². The lowest BCUT2D eigenvalue weighted by atomic mass is 10.1. The van der Waals surface area contributed by atoms with Crippen LogP contribution in [0.3, 0.4) is 0 Å². The normalized spacial score (nSPS) is 20.6. The zero-order valence-electron chi connectivity index (χ0n) is 12.5. The molecule has 20 heavy (non-hydrogen) atoms. The summed E-state index contributed by atoms with van der Waals surface area (Å²) >= 11 is 0. The first kappa shape index (κ1) is 15.3. The fourth-order valence-corrected chi connectivity index (χ4v) is 2.49. The van der Waals surface area contributed by atoms with Gasteiger partial charge in [-0.2, -0.15) is 0 Å². The Morgan fingerprint density at radius 2 is 2.40 bits per heavy atom. The minimum Gasteiger partial charge on any atom is -0.494 e. The summed E-state index contributed by atoms with van der Waals surface area (Å²) in [6.45, 7) is 8.44. The highest BCUT2D eigenvalue weighted by Crippen LogP contribution is 2.13. The Morgan fingerprint density at radius 1 is 1.50 bits per heavy atom. The Balaban J connectivity index is 1.74. The summed E-state index contributed by atoms with van der Waals surface area (Å²) in [6.07, 6.45) is 1.09. The van der Waals surface area contributed by atoms with Gasteiger partial charge in [-0.1, -0.05) is 12.1 Å². The molecular formula is C16H26N2O2. The number of ether oxygens (including phenoxy) is 2. The fraction of sp³-hybridized carbons (Fsp3) is 0.625. The van der Waals surface area contributed by atoms with E-state index in [4.69, 9.17) is 9.47 Å². The predicted octanol–water partition coefficient (Wildman–Crippen LogP) is 1.94. The maximum Gasteiger partial charge on any atom is 0.119 e. The van der Waals surface area contributed by atoms with Crippen LogP contribution in [0.2, 0.25) is 0 Å². The molecule has 0 saturated carbocycles. The smallest absolute Gasteiger partial charge is 0.119 e. The van der Waals surface area contributed by atoms with E-state index in [0.29, 0.717) is 18.7 Å². The lowest BCUT2D eigenvalue weighted by molar-refractivity contribution is 0.0712. The molecule has 2 N–H and O–H groups in total. The van der Waals surface area contributed by atoms with Gasteiger partial charge in [0, 0.05) is 25.2 Å². The van der Waals surface area contributed by atoms with Crippen LogP contribution in [0.4, 0.5) is 0 Å². The topological polar surface area (TPSA) is 42.5 Å². The second kappa shape index (κ2) is 8.25. The van der Waals surface area contributed by atoms with E-state index in [-0.39, 0.29) is 0 Å². The number of morpholine rings is 1. The summed E-state index contributed by atoms with van der Waals surface area (Å²) in [4.78, 5) is 0. The lowest BCUT2D eigenvalue weighted by Crippen LogP contribution is -2.44. The van der Waals surface area contributed by atoms with E-state index < -0.39 is 0 Å². The maximum absolute atomic E-state index is 5.52. The average Bonchev–Trinajstić information content (AvgIpc) is 2.47. The Kier molecular flexibility index (Phi) is 6.30. The molecule has 1 saturated heterocycles. The number of benzene rings is 1. The van der Waals surface area contributed by atoms with Crippen LogP contribution in [-0.2, 0) is 11.3 Å². The molecule has 112 valence electrons. The molecule has 4 nitrogen and oxygen atoms in total. The van der Waals surface area contributed by atoms with Gasteiger partial charge >= 0.3 is 0 Å². The van der Waals surface area contributed by atoms with Crippen molar-refractivity contribution in [2.45, 2.75) is 38.9 Å². The predicted molar refractivity (Wildman–Crippen MR) is 81.1 cm³/mol. The van der Waals surface area contributed by atoms with E-state index in [9.17, 15) is 0 Å². The second-order valence-electron chi connectivity index (χ2n) is 5.32. The monoisotopic (exact) mass is 278 g/mol. The van der Waals surface area contributed by atoms with E-state index in [1.54, 1.807) is 0 Å². The van der Waals surface area contributed by atoms with Crippen LogP contribution in [0.5, 0.6) is 5.75 Å². The largest absolute Gasteiger partial charge is 0.494 e. The molecule has 1 aliphatic heterocycles. The van der Waals surface area contributed by atoms with Gasteiger partial charge in [0.15, 0.2) is 0 Å². The SMILES string of the molecule is CCOc1cccc(CNC(C)CC2COCCN2)c1.